The van der Waals surface area contributed by atoms with E-state index >= 15 is 0 Å². The van der Waals surface area contributed by atoms with E-state index in [1.54, 1.807) is 19.9 Å². The van der Waals surface area contributed by atoms with Crippen molar-refractivity contribution in [3.8, 4) is 5.75 Å². The number of benzene rings is 1. The molecule has 0 atom stereocenters. The molecule has 0 aliphatic heterocycles. The molecule has 4 nitrogen and oxygen atoms in total. The molecule has 0 saturated carbocycles. The molecule has 0 aliphatic carbocycles. The summed E-state index contributed by atoms with van der Waals surface area (Å²) in [5.41, 5.74) is 1.20. The first-order valence-corrected chi connectivity index (χ1v) is 7.84. The molecule has 0 spiro atoms. The lowest BCUT2D eigenvalue weighted by molar-refractivity contribution is 0.301. The van der Waals surface area contributed by atoms with Crippen molar-refractivity contribution in [2.24, 2.45) is 0 Å². The summed E-state index contributed by atoms with van der Waals surface area (Å²) in [4.78, 5) is 18.9. The van der Waals surface area contributed by atoms with E-state index in [2.05, 4.69) is 0 Å². The Morgan fingerprint density at radius 3 is 2.16 bits per heavy atom. The lowest BCUT2D eigenvalue weighted by Gasteiger charge is -2.36. The first-order chi connectivity index (χ1) is 8.37. The minimum absolute atomic E-state index is 0.164. The minimum atomic E-state index is -4.19. The lowest BCUT2D eigenvalue weighted by Crippen LogP contribution is -2.31. The zero-order valence-corrected chi connectivity index (χ0v) is 13.0. The van der Waals surface area contributed by atoms with Gasteiger partial charge in [-0.05, 0) is 44.2 Å². The summed E-state index contributed by atoms with van der Waals surface area (Å²) in [5, 5.41) is 8.84. The van der Waals surface area contributed by atoms with E-state index in [4.69, 9.17) is 0 Å². The highest BCUT2D eigenvalue weighted by molar-refractivity contribution is 7.53. The summed E-state index contributed by atoms with van der Waals surface area (Å²) < 4.78 is 11.5. The van der Waals surface area contributed by atoms with E-state index < -0.39 is 18.2 Å². The van der Waals surface area contributed by atoms with Gasteiger partial charge in [0.05, 0.1) is 5.16 Å². The highest BCUT2D eigenvalue weighted by Crippen LogP contribution is 2.55. The Balaban J connectivity index is 3.18. The second-order valence-corrected chi connectivity index (χ2v) is 8.74. The van der Waals surface area contributed by atoms with Gasteiger partial charge in [0.25, 0.3) is 0 Å². The van der Waals surface area contributed by atoms with Crippen molar-refractivity contribution >= 4 is 7.60 Å². The van der Waals surface area contributed by atoms with Gasteiger partial charge < -0.3 is 14.9 Å². The van der Waals surface area contributed by atoms with Crippen molar-refractivity contribution in [1.29, 1.82) is 0 Å². The van der Waals surface area contributed by atoms with Crippen molar-refractivity contribution in [1.82, 2.24) is 0 Å². The van der Waals surface area contributed by atoms with Gasteiger partial charge in [-0.25, -0.2) is 0 Å². The number of rotatable bonds is 4. The molecule has 0 unspecified atom stereocenters. The van der Waals surface area contributed by atoms with Crippen LogP contribution in [0, 0.1) is 6.92 Å². The summed E-state index contributed by atoms with van der Waals surface area (Å²) in [6.07, 6.45) is 0.279. The Kier molecular flexibility index (Phi) is 4.21. The van der Waals surface area contributed by atoms with Crippen LogP contribution >= 0.6 is 7.60 Å². The van der Waals surface area contributed by atoms with Gasteiger partial charge in [0, 0.05) is 0 Å². The highest BCUT2D eigenvalue weighted by Gasteiger charge is 2.43. The summed E-state index contributed by atoms with van der Waals surface area (Å²) in [6, 6.07) is 5.30. The van der Waals surface area contributed by atoms with Gasteiger partial charge in [0.2, 0.25) is 0 Å². The molecule has 0 fully saturated rings. The smallest absolute Gasteiger partial charge is 0.331 e. The summed E-state index contributed by atoms with van der Waals surface area (Å²) in [5.74, 6) is 0.164. The second kappa shape index (κ2) is 4.93. The molecule has 0 heterocycles. The molecule has 1 aromatic carbocycles. The zero-order chi connectivity index (χ0) is 15.1. The van der Waals surface area contributed by atoms with Crippen molar-refractivity contribution in [2.45, 2.75) is 51.6 Å². The number of hydrogen-bond acceptors (Lipinski definition) is 2. The average Bonchev–Trinajstić information content (AvgIpc) is 2.18. The van der Waals surface area contributed by atoms with Crippen LogP contribution in [-0.2, 0) is 9.98 Å². The first kappa shape index (κ1) is 16.2. The van der Waals surface area contributed by atoms with Crippen LogP contribution in [0.3, 0.4) is 0 Å². The minimum Gasteiger partial charge on any atom is -0.508 e. The van der Waals surface area contributed by atoms with E-state index in [-0.39, 0.29) is 12.2 Å². The van der Waals surface area contributed by atoms with E-state index in [0.717, 1.165) is 5.56 Å². The second-order valence-electron chi connectivity index (χ2n) is 6.44. The van der Waals surface area contributed by atoms with Crippen molar-refractivity contribution < 1.29 is 19.5 Å². The van der Waals surface area contributed by atoms with Gasteiger partial charge in [0.1, 0.15) is 5.75 Å². The number of aromatic hydroxyl groups is 1. The maximum Gasteiger partial charge on any atom is 0.331 e. The SMILES string of the molecule is Cc1ccc(O)c(C(C)(C)CC(C)(C)P(=O)(O)O)c1. The third-order valence-electron chi connectivity index (χ3n) is 3.54. The predicted molar refractivity (Wildman–Crippen MR) is 76.6 cm³/mol. The van der Waals surface area contributed by atoms with Crippen LogP contribution in [0.5, 0.6) is 5.75 Å². The van der Waals surface area contributed by atoms with Crippen LogP contribution in [0.2, 0.25) is 0 Å². The number of hydrogen-bond donors (Lipinski definition) is 3. The van der Waals surface area contributed by atoms with Crippen LogP contribution in [-0.4, -0.2) is 20.0 Å². The van der Waals surface area contributed by atoms with Gasteiger partial charge in [-0.2, -0.15) is 0 Å². The Bertz CT molecular complexity index is 514. The highest BCUT2D eigenvalue weighted by atomic mass is 31.2. The Labute approximate surface area is 114 Å². The molecule has 0 saturated heterocycles. The van der Waals surface area contributed by atoms with Crippen molar-refractivity contribution in [3.05, 3.63) is 29.3 Å². The quantitative estimate of drug-likeness (QED) is 0.742. The fourth-order valence-corrected chi connectivity index (χ4v) is 3.07. The fraction of sp³-hybridized carbons (Fsp3) is 0.571. The van der Waals surface area contributed by atoms with E-state index in [1.165, 1.54) is 0 Å². The molecule has 19 heavy (non-hydrogen) atoms. The topological polar surface area (TPSA) is 77.8 Å². The predicted octanol–water partition coefficient (Wildman–Crippen LogP) is 3.32. The molecule has 108 valence electrons. The van der Waals surface area contributed by atoms with Gasteiger partial charge in [-0.15, -0.1) is 0 Å². The van der Waals surface area contributed by atoms with Crippen LogP contribution < -0.4 is 0 Å². The third kappa shape index (κ3) is 3.59. The van der Waals surface area contributed by atoms with E-state index in [0.29, 0.717) is 5.56 Å². The number of phenols is 1. The number of phenolic OH excluding ortho intramolecular Hbond substituents is 1. The summed E-state index contributed by atoms with van der Waals surface area (Å²) in [6.45, 7) is 8.82. The molecule has 0 radical (unpaired) electrons. The maximum atomic E-state index is 11.5. The van der Waals surface area contributed by atoms with Crippen LogP contribution in [0.4, 0.5) is 0 Å². The molecule has 0 bridgehead atoms. The Morgan fingerprint density at radius 2 is 1.68 bits per heavy atom. The largest absolute Gasteiger partial charge is 0.508 e. The molecule has 1 aromatic rings. The molecule has 3 N–H and O–H groups in total. The summed E-state index contributed by atoms with van der Waals surface area (Å²) >= 11 is 0. The molecular formula is C14H23O4P. The van der Waals surface area contributed by atoms with Crippen molar-refractivity contribution in [2.75, 3.05) is 0 Å². The van der Waals surface area contributed by atoms with E-state index in [9.17, 15) is 19.5 Å². The molecular weight excluding hydrogens is 263 g/mol. The van der Waals surface area contributed by atoms with Crippen LogP contribution in [0.15, 0.2) is 18.2 Å². The Hall–Kier alpha value is -0.830. The molecule has 5 heteroatoms. The third-order valence-corrected chi connectivity index (χ3v) is 5.28. The van der Waals surface area contributed by atoms with Crippen LogP contribution in [0.1, 0.15) is 45.2 Å². The van der Waals surface area contributed by atoms with Crippen molar-refractivity contribution in [3.63, 3.8) is 0 Å². The van der Waals surface area contributed by atoms with Gasteiger partial charge in [0.15, 0.2) is 0 Å². The molecule has 0 aromatic heterocycles. The van der Waals surface area contributed by atoms with E-state index in [1.807, 2.05) is 32.9 Å². The lowest BCUT2D eigenvalue weighted by atomic mass is 9.76. The first-order valence-electron chi connectivity index (χ1n) is 6.22. The normalized spacial score (nSPS) is 13.6. The number of aryl methyl sites for hydroxylation is 1. The monoisotopic (exact) mass is 286 g/mol. The van der Waals surface area contributed by atoms with Gasteiger partial charge in [-0.3, -0.25) is 4.57 Å². The molecule has 0 aliphatic rings. The maximum absolute atomic E-state index is 11.5. The van der Waals surface area contributed by atoms with Gasteiger partial charge in [-0.1, -0.05) is 31.5 Å². The van der Waals surface area contributed by atoms with Crippen LogP contribution in [0.25, 0.3) is 0 Å². The molecule has 1 rings (SSSR count). The van der Waals surface area contributed by atoms with Gasteiger partial charge >= 0.3 is 7.60 Å². The summed E-state index contributed by atoms with van der Waals surface area (Å²) in [7, 11) is -4.19. The zero-order valence-electron chi connectivity index (χ0n) is 12.1. The standard InChI is InChI=1S/C14H23O4P/c1-10-6-7-12(15)11(8-10)13(2,3)9-14(4,5)19(16,17)18/h6-8,15H,9H2,1-5H3,(H2,16,17,18). The molecule has 0 amide bonds. The fourth-order valence-electron chi connectivity index (χ4n) is 2.47. The average molecular weight is 286 g/mol. The Morgan fingerprint density at radius 1 is 1.16 bits per heavy atom.